The highest BCUT2D eigenvalue weighted by Crippen LogP contribution is 2.41. The van der Waals surface area contributed by atoms with Crippen LogP contribution in [-0.2, 0) is 15.1 Å². The topological polar surface area (TPSA) is 75.6 Å². The van der Waals surface area contributed by atoms with Gasteiger partial charge >= 0.3 is 6.09 Å². The van der Waals surface area contributed by atoms with E-state index in [1.54, 1.807) is 20.8 Å². The monoisotopic (exact) mass is 373 g/mol. The maximum atomic E-state index is 14.4. The highest BCUT2D eigenvalue weighted by molar-refractivity contribution is 5.99. The third kappa shape index (κ3) is 3.85. The van der Waals surface area contributed by atoms with Crippen LogP contribution in [0.15, 0.2) is 12.1 Å². The van der Waals surface area contributed by atoms with Crippen molar-refractivity contribution in [1.82, 2.24) is 5.32 Å². The lowest BCUT2D eigenvalue weighted by Gasteiger charge is -2.43. The summed E-state index contributed by atoms with van der Waals surface area (Å²) in [5, 5.41) is 12.6. The number of halogens is 3. The van der Waals surface area contributed by atoms with Gasteiger partial charge in [0.2, 0.25) is 0 Å². The second-order valence-corrected chi connectivity index (χ2v) is 7.73. The number of benzene rings is 1. The van der Waals surface area contributed by atoms with Gasteiger partial charge in [-0.1, -0.05) is 0 Å². The first-order valence-corrected chi connectivity index (χ1v) is 8.22. The zero-order valence-corrected chi connectivity index (χ0v) is 15.1. The number of hydrogen-bond acceptors (Lipinski definition) is 4. The summed E-state index contributed by atoms with van der Waals surface area (Å²) in [6.45, 7) is 5.95. The molecule has 144 valence electrons. The first-order chi connectivity index (χ1) is 11.8. The lowest BCUT2D eigenvalue weighted by Crippen LogP contribution is -2.62. The number of ketones is 1. The molecule has 26 heavy (non-hydrogen) atoms. The zero-order valence-electron chi connectivity index (χ0n) is 15.1. The molecule has 2 N–H and O–H groups in total. The van der Waals surface area contributed by atoms with Gasteiger partial charge in [-0.25, -0.2) is 18.0 Å². The van der Waals surface area contributed by atoms with Crippen LogP contribution in [0.25, 0.3) is 0 Å². The lowest BCUT2D eigenvalue weighted by atomic mass is 9.69. The van der Waals surface area contributed by atoms with Crippen LogP contribution < -0.4 is 5.32 Å². The maximum absolute atomic E-state index is 14.4. The molecule has 1 amide bonds. The van der Waals surface area contributed by atoms with Crippen molar-refractivity contribution in [3.05, 3.63) is 35.1 Å². The van der Waals surface area contributed by atoms with E-state index in [2.05, 4.69) is 5.32 Å². The van der Waals surface area contributed by atoms with E-state index < -0.39 is 51.6 Å². The highest BCUT2D eigenvalue weighted by atomic mass is 19.1. The summed E-state index contributed by atoms with van der Waals surface area (Å²) in [6.07, 6.45) is -0.980. The number of alkyl carbamates (subject to hydrolysis) is 1. The van der Waals surface area contributed by atoms with Crippen molar-refractivity contribution in [3.8, 4) is 0 Å². The van der Waals surface area contributed by atoms with Gasteiger partial charge in [-0.2, -0.15) is 0 Å². The number of nitrogens with one attached hydrogen (secondary N) is 1. The van der Waals surface area contributed by atoms with E-state index in [0.29, 0.717) is 12.1 Å². The van der Waals surface area contributed by atoms with Gasteiger partial charge < -0.3 is 15.2 Å². The van der Waals surface area contributed by atoms with Crippen molar-refractivity contribution in [1.29, 1.82) is 0 Å². The molecule has 0 aliphatic heterocycles. The number of Topliss-reactive ketones (excluding diaryl/α,β-unsaturated/α-hetero) is 1. The van der Waals surface area contributed by atoms with Gasteiger partial charge in [0, 0.05) is 12.1 Å². The molecule has 1 fully saturated rings. The number of aliphatic hydroxyl groups is 1. The molecule has 0 aromatic heterocycles. The summed E-state index contributed by atoms with van der Waals surface area (Å²) in [5.41, 5.74) is -5.85. The molecule has 1 aromatic rings. The first-order valence-electron chi connectivity index (χ1n) is 8.22. The summed E-state index contributed by atoms with van der Waals surface area (Å²) in [6, 6.07) is 0.848. The van der Waals surface area contributed by atoms with Crippen LogP contribution >= 0.6 is 0 Å². The van der Waals surface area contributed by atoms with E-state index in [1.165, 1.54) is 6.92 Å². The Hall–Kier alpha value is -2.09. The molecule has 0 radical (unpaired) electrons. The largest absolute Gasteiger partial charge is 0.444 e. The second kappa shape index (κ2) is 6.57. The molecule has 1 aromatic carbocycles. The zero-order chi connectivity index (χ0) is 19.9. The van der Waals surface area contributed by atoms with Crippen molar-refractivity contribution in [2.75, 3.05) is 0 Å². The van der Waals surface area contributed by atoms with Crippen molar-refractivity contribution in [3.63, 3.8) is 0 Å². The van der Waals surface area contributed by atoms with Crippen LogP contribution in [0.3, 0.4) is 0 Å². The summed E-state index contributed by atoms with van der Waals surface area (Å²) in [5.74, 6) is -4.80. The van der Waals surface area contributed by atoms with Crippen LogP contribution in [0.5, 0.6) is 0 Å². The molecule has 1 saturated carbocycles. The molecule has 5 nitrogen and oxygen atoms in total. The van der Waals surface area contributed by atoms with E-state index in [0.717, 1.165) is 0 Å². The van der Waals surface area contributed by atoms with Crippen LogP contribution in [0.4, 0.5) is 18.0 Å². The fourth-order valence-electron chi connectivity index (χ4n) is 3.23. The number of carbonyl (C=O) groups excluding carboxylic acids is 2. The van der Waals surface area contributed by atoms with Crippen LogP contribution in [0.1, 0.15) is 52.5 Å². The molecule has 1 aliphatic rings. The Kier molecular flexibility index (Phi) is 5.11. The normalized spacial score (nSPS) is 26.5. The van der Waals surface area contributed by atoms with E-state index in [4.69, 9.17) is 4.74 Å². The number of rotatable bonds is 2. The average molecular weight is 373 g/mol. The van der Waals surface area contributed by atoms with E-state index in [1.807, 2.05) is 0 Å². The Morgan fingerprint density at radius 1 is 1.19 bits per heavy atom. The van der Waals surface area contributed by atoms with Crippen molar-refractivity contribution >= 4 is 11.9 Å². The average Bonchev–Trinajstić information content (AvgIpc) is 2.41. The van der Waals surface area contributed by atoms with Crippen LogP contribution in [0, 0.1) is 17.5 Å². The van der Waals surface area contributed by atoms with Gasteiger partial charge in [-0.05, 0) is 47.0 Å². The van der Waals surface area contributed by atoms with E-state index in [9.17, 15) is 27.9 Å². The minimum atomic E-state index is -2.20. The first kappa shape index (κ1) is 20.2. The van der Waals surface area contributed by atoms with Crippen LogP contribution in [-0.4, -0.2) is 28.2 Å². The molecule has 1 aliphatic carbocycles. The Bertz CT molecular complexity index is 719. The van der Waals surface area contributed by atoms with Gasteiger partial charge in [-0.3, -0.25) is 4.79 Å². The highest BCUT2D eigenvalue weighted by Gasteiger charge is 2.55. The predicted molar refractivity (Wildman–Crippen MR) is 86.8 cm³/mol. The van der Waals surface area contributed by atoms with Gasteiger partial charge in [0.25, 0.3) is 0 Å². The molecule has 0 heterocycles. The summed E-state index contributed by atoms with van der Waals surface area (Å²) in [7, 11) is 0. The molecule has 2 rings (SSSR count). The molecule has 0 spiro atoms. The molecule has 0 saturated heterocycles. The van der Waals surface area contributed by atoms with Crippen molar-refractivity contribution in [2.24, 2.45) is 0 Å². The van der Waals surface area contributed by atoms with Crippen molar-refractivity contribution < 1.29 is 32.6 Å². The standard InChI is InChI=1S/C18H22F3NO4/c1-16(2,3)26-15(24)22-18(7-5-6-17(4,25)14(18)23)13-11(20)8-10(19)9-12(13)21/h8-9,25H,5-7H2,1-4H3,(H,22,24). The second-order valence-electron chi connectivity index (χ2n) is 7.73. The molecule has 2 atom stereocenters. The summed E-state index contributed by atoms with van der Waals surface area (Å²) >= 11 is 0. The Morgan fingerprint density at radius 3 is 2.23 bits per heavy atom. The third-order valence-corrected chi connectivity index (χ3v) is 4.24. The lowest BCUT2D eigenvalue weighted by molar-refractivity contribution is -0.148. The minimum Gasteiger partial charge on any atom is -0.444 e. The Balaban J connectivity index is 2.61. The quantitative estimate of drug-likeness (QED) is 0.834. The number of carbonyl (C=O) groups is 2. The third-order valence-electron chi connectivity index (χ3n) is 4.24. The molecular formula is C18H22F3NO4. The Morgan fingerprint density at radius 2 is 1.73 bits per heavy atom. The number of hydrogen-bond donors (Lipinski definition) is 2. The SMILES string of the molecule is CC(C)(C)OC(=O)NC1(c2c(F)cc(F)cc2F)CCCC(C)(O)C1=O. The van der Waals surface area contributed by atoms with Gasteiger partial charge in [0.1, 0.15) is 34.2 Å². The fraction of sp³-hybridized carbons (Fsp3) is 0.556. The van der Waals surface area contributed by atoms with E-state index >= 15 is 0 Å². The number of amides is 1. The van der Waals surface area contributed by atoms with Crippen LogP contribution in [0.2, 0.25) is 0 Å². The predicted octanol–water partition coefficient (Wildman–Crippen LogP) is 3.33. The van der Waals surface area contributed by atoms with Crippen molar-refractivity contribution in [2.45, 2.75) is 63.7 Å². The van der Waals surface area contributed by atoms with Gasteiger partial charge in [-0.15, -0.1) is 0 Å². The summed E-state index contributed by atoms with van der Waals surface area (Å²) in [4.78, 5) is 25.2. The fourth-order valence-corrected chi connectivity index (χ4v) is 3.23. The number of ether oxygens (including phenoxy) is 1. The van der Waals surface area contributed by atoms with E-state index in [-0.39, 0.29) is 19.3 Å². The molecule has 2 unspecified atom stereocenters. The molecular weight excluding hydrogens is 351 g/mol. The molecule has 8 heteroatoms. The minimum absolute atomic E-state index is 0.0635. The molecule has 0 bridgehead atoms. The maximum Gasteiger partial charge on any atom is 0.408 e. The summed E-state index contributed by atoms with van der Waals surface area (Å²) < 4.78 is 47.3. The van der Waals surface area contributed by atoms with Gasteiger partial charge in [0.15, 0.2) is 5.78 Å². The Labute approximate surface area is 149 Å². The smallest absolute Gasteiger partial charge is 0.408 e. The van der Waals surface area contributed by atoms with Gasteiger partial charge in [0.05, 0.1) is 5.56 Å².